The highest BCUT2D eigenvalue weighted by atomic mass is 35.5. The molecule has 18 heavy (non-hydrogen) atoms. The number of nitrogens with one attached hydrogen (secondary N) is 1. The highest BCUT2D eigenvalue weighted by molar-refractivity contribution is 6.62. The quantitative estimate of drug-likeness (QED) is 0.833. The van der Waals surface area contributed by atoms with Crippen molar-refractivity contribution < 1.29 is 9.31 Å². The lowest BCUT2D eigenvalue weighted by molar-refractivity contribution is 0.00578. The minimum atomic E-state index is -0.324. The van der Waals surface area contributed by atoms with Crippen LogP contribution >= 0.6 is 12.4 Å². The number of aromatic nitrogens is 1. The first-order chi connectivity index (χ1) is 7.86. The maximum atomic E-state index is 5.97. The molecule has 100 valence electrons. The predicted octanol–water partition coefficient (Wildman–Crippen LogP) is 1.84. The van der Waals surface area contributed by atoms with E-state index in [-0.39, 0.29) is 30.7 Å². The van der Waals surface area contributed by atoms with Gasteiger partial charge in [-0.1, -0.05) is 0 Å². The summed E-state index contributed by atoms with van der Waals surface area (Å²) in [4.78, 5) is 4.18. The molecule has 0 spiro atoms. The fourth-order valence-corrected chi connectivity index (χ4v) is 1.71. The van der Waals surface area contributed by atoms with E-state index in [1.54, 1.807) is 6.20 Å². The van der Waals surface area contributed by atoms with E-state index in [1.807, 2.05) is 46.9 Å². The molecular weight excluding hydrogens is 250 g/mol. The second-order valence-corrected chi connectivity index (χ2v) is 5.31. The van der Waals surface area contributed by atoms with Crippen LogP contribution in [0.25, 0.3) is 0 Å². The maximum Gasteiger partial charge on any atom is 0.495 e. The number of hydrogen-bond acceptors (Lipinski definition) is 4. The van der Waals surface area contributed by atoms with Crippen LogP contribution in [0, 0.1) is 0 Å². The van der Waals surface area contributed by atoms with Crippen LogP contribution in [0.4, 0.5) is 5.82 Å². The summed E-state index contributed by atoms with van der Waals surface area (Å²) in [6, 6.07) is 3.87. The van der Waals surface area contributed by atoms with Crippen molar-refractivity contribution in [1.82, 2.24) is 4.98 Å². The average Bonchev–Trinajstić information content (AvgIpc) is 2.48. The summed E-state index contributed by atoms with van der Waals surface area (Å²) >= 11 is 0. The molecule has 1 fully saturated rings. The van der Waals surface area contributed by atoms with Gasteiger partial charge >= 0.3 is 7.12 Å². The SMILES string of the molecule is CNc1cc(B2OC(C)(C)C(C)(C)O2)ccn1.Cl. The van der Waals surface area contributed by atoms with Gasteiger partial charge in [-0.15, -0.1) is 12.4 Å². The first-order valence-electron chi connectivity index (χ1n) is 5.85. The van der Waals surface area contributed by atoms with E-state index in [2.05, 4.69) is 10.3 Å². The molecule has 1 aromatic heterocycles. The largest absolute Gasteiger partial charge is 0.495 e. The summed E-state index contributed by atoms with van der Waals surface area (Å²) < 4.78 is 11.9. The van der Waals surface area contributed by atoms with Crippen LogP contribution in [0.3, 0.4) is 0 Å². The minimum Gasteiger partial charge on any atom is -0.399 e. The zero-order valence-corrected chi connectivity index (χ0v) is 12.3. The zero-order chi connectivity index (χ0) is 12.7. The molecule has 0 radical (unpaired) electrons. The molecule has 0 bridgehead atoms. The van der Waals surface area contributed by atoms with Gasteiger partial charge in [0.2, 0.25) is 0 Å². The van der Waals surface area contributed by atoms with Crippen LogP contribution in [0.15, 0.2) is 18.3 Å². The first-order valence-corrected chi connectivity index (χ1v) is 5.85. The molecule has 0 unspecified atom stereocenters. The summed E-state index contributed by atoms with van der Waals surface area (Å²) in [6.07, 6.45) is 1.76. The molecule has 1 aliphatic heterocycles. The van der Waals surface area contributed by atoms with Crippen LogP contribution in [-0.4, -0.2) is 30.4 Å². The van der Waals surface area contributed by atoms with Crippen molar-refractivity contribution >= 4 is 30.8 Å². The van der Waals surface area contributed by atoms with Crippen molar-refractivity contribution in [1.29, 1.82) is 0 Å². The van der Waals surface area contributed by atoms with Gasteiger partial charge in [-0.25, -0.2) is 4.98 Å². The Hall–Kier alpha value is -0.775. The van der Waals surface area contributed by atoms with Crippen molar-refractivity contribution in [3.05, 3.63) is 18.3 Å². The lowest BCUT2D eigenvalue weighted by atomic mass is 9.80. The molecule has 4 nitrogen and oxygen atoms in total. The number of rotatable bonds is 2. The van der Waals surface area contributed by atoms with Crippen molar-refractivity contribution in [2.75, 3.05) is 12.4 Å². The van der Waals surface area contributed by atoms with Gasteiger partial charge in [0.1, 0.15) is 5.82 Å². The third-order valence-electron chi connectivity index (χ3n) is 3.57. The van der Waals surface area contributed by atoms with Crippen molar-refractivity contribution in [3.8, 4) is 0 Å². The smallest absolute Gasteiger partial charge is 0.399 e. The van der Waals surface area contributed by atoms with E-state index in [9.17, 15) is 0 Å². The Kier molecular flexibility index (Phi) is 4.31. The van der Waals surface area contributed by atoms with Crippen LogP contribution in [0.5, 0.6) is 0 Å². The monoisotopic (exact) mass is 270 g/mol. The number of halogens is 1. The molecular formula is C12H20BClN2O2. The van der Waals surface area contributed by atoms with Gasteiger partial charge in [0.05, 0.1) is 11.2 Å². The number of pyridine rings is 1. The number of hydrogen-bond donors (Lipinski definition) is 1. The maximum absolute atomic E-state index is 5.97. The molecule has 0 aromatic carbocycles. The van der Waals surface area contributed by atoms with E-state index < -0.39 is 0 Å². The van der Waals surface area contributed by atoms with Crippen molar-refractivity contribution in [2.45, 2.75) is 38.9 Å². The van der Waals surface area contributed by atoms with Crippen LogP contribution < -0.4 is 10.8 Å². The second kappa shape index (κ2) is 5.07. The van der Waals surface area contributed by atoms with Gasteiger partial charge in [0.15, 0.2) is 0 Å². The molecule has 0 aliphatic carbocycles. The highest BCUT2D eigenvalue weighted by Gasteiger charge is 2.51. The molecule has 1 aromatic rings. The topological polar surface area (TPSA) is 43.4 Å². The van der Waals surface area contributed by atoms with Crippen molar-refractivity contribution in [3.63, 3.8) is 0 Å². The fourth-order valence-electron chi connectivity index (χ4n) is 1.71. The normalized spacial score (nSPS) is 20.4. The zero-order valence-electron chi connectivity index (χ0n) is 11.5. The summed E-state index contributed by atoms with van der Waals surface area (Å²) in [5.74, 6) is 0.817. The number of anilines is 1. The Bertz CT molecular complexity index is 410. The van der Waals surface area contributed by atoms with E-state index in [0.29, 0.717) is 0 Å². The minimum absolute atomic E-state index is 0. The van der Waals surface area contributed by atoms with E-state index in [4.69, 9.17) is 9.31 Å². The Morgan fingerprint density at radius 2 is 1.72 bits per heavy atom. The molecule has 1 N–H and O–H groups in total. The fraction of sp³-hybridized carbons (Fsp3) is 0.583. The van der Waals surface area contributed by atoms with Gasteiger partial charge in [0, 0.05) is 13.2 Å². The lowest BCUT2D eigenvalue weighted by Crippen LogP contribution is -2.41. The third kappa shape index (κ3) is 2.63. The average molecular weight is 271 g/mol. The summed E-state index contributed by atoms with van der Waals surface area (Å²) in [7, 11) is 1.52. The molecule has 1 aliphatic rings. The second-order valence-electron chi connectivity index (χ2n) is 5.31. The molecule has 0 atom stereocenters. The van der Waals surface area contributed by atoms with Crippen LogP contribution in [0.1, 0.15) is 27.7 Å². The van der Waals surface area contributed by atoms with Gasteiger partial charge in [-0.2, -0.15) is 0 Å². The van der Waals surface area contributed by atoms with E-state index in [0.717, 1.165) is 11.3 Å². The molecule has 0 amide bonds. The highest BCUT2D eigenvalue weighted by Crippen LogP contribution is 2.36. The molecule has 6 heteroatoms. The molecule has 0 saturated carbocycles. The van der Waals surface area contributed by atoms with Gasteiger partial charge in [-0.05, 0) is 45.3 Å². The van der Waals surface area contributed by atoms with Crippen LogP contribution in [0.2, 0.25) is 0 Å². The summed E-state index contributed by atoms with van der Waals surface area (Å²) in [5.41, 5.74) is 0.379. The predicted molar refractivity (Wildman–Crippen MR) is 76.7 cm³/mol. The third-order valence-corrected chi connectivity index (χ3v) is 3.57. The Morgan fingerprint density at radius 1 is 1.17 bits per heavy atom. The first kappa shape index (κ1) is 15.3. The Morgan fingerprint density at radius 3 is 2.22 bits per heavy atom. The summed E-state index contributed by atoms with van der Waals surface area (Å²) in [6.45, 7) is 8.20. The van der Waals surface area contributed by atoms with E-state index >= 15 is 0 Å². The number of nitrogens with zero attached hydrogens (tertiary/aromatic N) is 1. The van der Waals surface area contributed by atoms with Gasteiger partial charge in [0.25, 0.3) is 0 Å². The lowest BCUT2D eigenvalue weighted by Gasteiger charge is -2.32. The van der Waals surface area contributed by atoms with Crippen LogP contribution in [-0.2, 0) is 9.31 Å². The van der Waals surface area contributed by atoms with E-state index in [1.165, 1.54) is 0 Å². The van der Waals surface area contributed by atoms with Crippen molar-refractivity contribution in [2.24, 2.45) is 0 Å². The molecule has 2 rings (SSSR count). The van der Waals surface area contributed by atoms with Gasteiger partial charge in [-0.3, -0.25) is 0 Å². The Labute approximate surface area is 115 Å². The Balaban J connectivity index is 0.00000162. The van der Waals surface area contributed by atoms with Gasteiger partial charge < -0.3 is 14.6 Å². The molecule has 2 heterocycles. The summed E-state index contributed by atoms with van der Waals surface area (Å²) in [5, 5.41) is 3.01. The molecule has 1 saturated heterocycles. The standard InChI is InChI=1S/C12H19BN2O2.ClH/c1-11(2)12(3,4)17-13(16-11)9-6-7-15-10(8-9)14-5;/h6-8H,1-5H3,(H,14,15);1H.